The summed E-state index contributed by atoms with van der Waals surface area (Å²) in [5.74, 6) is 0.887. The molecule has 3 heteroatoms. The van der Waals surface area contributed by atoms with Gasteiger partial charge in [0.25, 0.3) is 0 Å². The van der Waals surface area contributed by atoms with E-state index in [1.54, 1.807) is 0 Å². The molecule has 1 N–H and O–H groups in total. The zero-order chi connectivity index (χ0) is 11.7. The van der Waals surface area contributed by atoms with Gasteiger partial charge in [-0.25, -0.2) is 0 Å². The van der Waals surface area contributed by atoms with E-state index in [-0.39, 0.29) is 0 Å². The predicted molar refractivity (Wildman–Crippen MR) is 74.8 cm³/mol. The van der Waals surface area contributed by atoms with Gasteiger partial charge in [-0.05, 0) is 56.3 Å². The second-order valence-corrected chi connectivity index (χ2v) is 6.00. The van der Waals surface area contributed by atoms with Gasteiger partial charge >= 0.3 is 0 Å². The Bertz CT molecular complexity index is 386. The molecule has 1 unspecified atom stereocenters. The summed E-state index contributed by atoms with van der Waals surface area (Å²) in [6, 6.07) is 9.44. The SMILES string of the molecule is CSc1cccc(NC2CN3CCC2CC3)c1. The van der Waals surface area contributed by atoms with Crippen molar-refractivity contribution in [2.24, 2.45) is 5.92 Å². The van der Waals surface area contributed by atoms with Gasteiger partial charge in [0, 0.05) is 23.2 Å². The highest BCUT2D eigenvalue weighted by Gasteiger charge is 2.33. The van der Waals surface area contributed by atoms with Crippen molar-refractivity contribution >= 4 is 17.4 Å². The lowest BCUT2D eigenvalue weighted by molar-refractivity contribution is 0.0975. The molecule has 0 aliphatic carbocycles. The molecule has 0 saturated carbocycles. The maximum atomic E-state index is 3.73. The minimum Gasteiger partial charge on any atom is -0.381 e. The molecular formula is C14H20N2S. The summed E-state index contributed by atoms with van der Waals surface area (Å²) < 4.78 is 0. The Labute approximate surface area is 108 Å². The molecule has 1 aromatic rings. The lowest BCUT2D eigenvalue weighted by Crippen LogP contribution is -2.53. The first kappa shape index (κ1) is 11.4. The van der Waals surface area contributed by atoms with Gasteiger partial charge in [-0.1, -0.05) is 6.07 Å². The third kappa shape index (κ3) is 2.45. The molecule has 1 atom stereocenters. The van der Waals surface area contributed by atoms with Crippen molar-refractivity contribution in [1.29, 1.82) is 0 Å². The Balaban J connectivity index is 1.70. The summed E-state index contributed by atoms with van der Waals surface area (Å²) in [5.41, 5.74) is 1.29. The molecule has 0 amide bonds. The summed E-state index contributed by atoms with van der Waals surface area (Å²) in [7, 11) is 0. The summed E-state index contributed by atoms with van der Waals surface area (Å²) in [4.78, 5) is 3.94. The zero-order valence-electron chi connectivity index (χ0n) is 10.4. The van der Waals surface area contributed by atoms with Gasteiger partial charge in [0.15, 0.2) is 0 Å². The second kappa shape index (κ2) is 4.91. The second-order valence-electron chi connectivity index (χ2n) is 5.12. The molecule has 4 rings (SSSR count). The molecule has 17 heavy (non-hydrogen) atoms. The highest BCUT2D eigenvalue weighted by Crippen LogP contribution is 2.30. The number of nitrogens with one attached hydrogen (secondary N) is 1. The third-order valence-corrected chi connectivity index (χ3v) is 4.80. The first-order chi connectivity index (χ1) is 8.35. The predicted octanol–water partition coefficient (Wildman–Crippen LogP) is 2.91. The van der Waals surface area contributed by atoms with Crippen molar-refractivity contribution in [2.75, 3.05) is 31.2 Å². The van der Waals surface area contributed by atoms with E-state index < -0.39 is 0 Å². The van der Waals surface area contributed by atoms with Crippen LogP contribution < -0.4 is 5.32 Å². The lowest BCUT2D eigenvalue weighted by Gasteiger charge is -2.45. The van der Waals surface area contributed by atoms with E-state index in [4.69, 9.17) is 0 Å². The number of hydrogen-bond donors (Lipinski definition) is 1. The zero-order valence-corrected chi connectivity index (χ0v) is 11.2. The average molecular weight is 248 g/mol. The lowest BCUT2D eigenvalue weighted by atomic mass is 9.84. The number of benzene rings is 1. The highest BCUT2D eigenvalue weighted by atomic mass is 32.2. The van der Waals surface area contributed by atoms with Crippen LogP contribution in [0.1, 0.15) is 12.8 Å². The largest absolute Gasteiger partial charge is 0.381 e. The Kier molecular flexibility index (Phi) is 3.30. The van der Waals surface area contributed by atoms with Crippen molar-refractivity contribution in [1.82, 2.24) is 4.90 Å². The minimum atomic E-state index is 0.662. The van der Waals surface area contributed by atoms with E-state index in [1.807, 2.05) is 11.8 Å². The molecule has 3 saturated heterocycles. The van der Waals surface area contributed by atoms with Crippen LogP contribution in [0.25, 0.3) is 0 Å². The molecule has 3 heterocycles. The van der Waals surface area contributed by atoms with E-state index >= 15 is 0 Å². The van der Waals surface area contributed by atoms with Gasteiger partial charge in [0.05, 0.1) is 0 Å². The summed E-state index contributed by atoms with van der Waals surface area (Å²) in [6.45, 7) is 3.86. The molecule has 2 nitrogen and oxygen atoms in total. The number of nitrogens with zero attached hydrogens (tertiary/aromatic N) is 1. The van der Waals surface area contributed by atoms with Gasteiger partial charge in [0.1, 0.15) is 0 Å². The first-order valence-electron chi connectivity index (χ1n) is 6.48. The van der Waals surface area contributed by atoms with Crippen molar-refractivity contribution < 1.29 is 0 Å². The summed E-state index contributed by atoms with van der Waals surface area (Å²) >= 11 is 1.81. The maximum Gasteiger partial charge on any atom is 0.0417 e. The molecule has 3 fully saturated rings. The normalized spacial score (nSPS) is 31.5. The van der Waals surface area contributed by atoms with E-state index in [9.17, 15) is 0 Å². The molecule has 1 aromatic carbocycles. The molecule has 3 aliphatic rings. The van der Waals surface area contributed by atoms with E-state index in [2.05, 4.69) is 40.7 Å². The molecule has 0 radical (unpaired) electrons. The number of thioether (sulfide) groups is 1. The fraction of sp³-hybridized carbons (Fsp3) is 0.571. The third-order valence-electron chi connectivity index (χ3n) is 4.08. The van der Waals surface area contributed by atoms with Crippen LogP contribution in [0.5, 0.6) is 0 Å². The van der Waals surface area contributed by atoms with E-state index in [0.717, 1.165) is 5.92 Å². The Hall–Kier alpha value is -0.670. The molecule has 0 spiro atoms. The fourth-order valence-electron chi connectivity index (χ4n) is 3.06. The van der Waals surface area contributed by atoms with Crippen LogP contribution in [0, 0.1) is 5.92 Å². The molecule has 92 valence electrons. The Morgan fingerprint density at radius 3 is 2.76 bits per heavy atom. The van der Waals surface area contributed by atoms with Crippen LogP contribution in [0.2, 0.25) is 0 Å². The number of rotatable bonds is 3. The fourth-order valence-corrected chi connectivity index (χ4v) is 3.52. The molecule has 3 aliphatic heterocycles. The quantitative estimate of drug-likeness (QED) is 0.828. The van der Waals surface area contributed by atoms with Crippen LogP contribution in [0.15, 0.2) is 29.2 Å². The standard InChI is InChI=1S/C14H20N2S/c1-17-13-4-2-3-12(9-13)15-14-10-16-7-5-11(14)6-8-16/h2-4,9,11,14-15H,5-8,10H2,1H3. The Morgan fingerprint density at radius 1 is 1.29 bits per heavy atom. The number of hydrogen-bond acceptors (Lipinski definition) is 3. The summed E-state index contributed by atoms with van der Waals surface area (Å²) in [6.07, 6.45) is 4.88. The van der Waals surface area contributed by atoms with E-state index in [0.29, 0.717) is 6.04 Å². The maximum absolute atomic E-state index is 3.73. The van der Waals surface area contributed by atoms with Crippen molar-refractivity contribution in [2.45, 2.75) is 23.8 Å². The topological polar surface area (TPSA) is 15.3 Å². The number of piperidine rings is 3. The van der Waals surface area contributed by atoms with Gasteiger partial charge in [-0.3, -0.25) is 0 Å². The smallest absolute Gasteiger partial charge is 0.0417 e. The van der Waals surface area contributed by atoms with Gasteiger partial charge in [0.2, 0.25) is 0 Å². The number of anilines is 1. The molecule has 0 aromatic heterocycles. The molecular weight excluding hydrogens is 228 g/mol. The van der Waals surface area contributed by atoms with Gasteiger partial charge in [-0.15, -0.1) is 11.8 Å². The van der Waals surface area contributed by atoms with Crippen LogP contribution in [0.4, 0.5) is 5.69 Å². The van der Waals surface area contributed by atoms with Crippen LogP contribution in [0.3, 0.4) is 0 Å². The average Bonchev–Trinajstić information content (AvgIpc) is 2.40. The van der Waals surface area contributed by atoms with E-state index in [1.165, 1.54) is 43.1 Å². The van der Waals surface area contributed by atoms with Gasteiger partial charge < -0.3 is 10.2 Å². The van der Waals surface area contributed by atoms with Crippen LogP contribution >= 0.6 is 11.8 Å². The Morgan fingerprint density at radius 2 is 2.12 bits per heavy atom. The minimum absolute atomic E-state index is 0.662. The first-order valence-corrected chi connectivity index (χ1v) is 7.70. The highest BCUT2D eigenvalue weighted by molar-refractivity contribution is 7.98. The van der Waals surface area contributed by atoms with Crippen molar-refractivity contribution in [3.63, 3.8) is 0 Å². The van der Waals surface area contributed by atoms with Crippen LogP contribution in [-0.4, -0.2) is 36.8 Å². The molecule has 2 bridgehead atoms. The number of fused-ring (bicyclic) bond motifs is 3. The monoisotopic (exact) mass is 248 g/mol. The summed E-state index contributed by atoms with van der Waals surface area (Å²) in [5, 5.41) is 3.73. The van der Waals surface area contributed by atoms with Gasteiger partial charge in [-0.2, -0.15) is 0 Å². The van der Waals surface area contributed by atoms with Crippen molar-refractivity contribution in [3.8, 4) is 0 Å². The van der Waals surface area contributed by atoms with Crippen LogP contribution in [-0.2, 0) is 0 Å². The van der Waals surface area contributed by atoms with Crippen molar-refractivity contribution in [3.05, 3.63) is 24.3 Å².